The van der Waals surface area contributed by atoms with Crippen molar-refractivity contribution in [1.82, 2.24) is 9.55 Å². The van der Waals surface area contributed by atoms with Crippen LogP contribution in [0.5, 0.6) is 5.75 Å². The monoisotopic (exact) mass is 283 g/mol. The molecule has 7 heteroatoms. The molecule has 108 valence electrons. The number of aryl methyl sites for hydroxylation is 2. The zero-order valence-corrected chi connectivity index (χ0v) is 11.3. The van der Waals surface area contributed by atoms with Gasteiger partial charge in [0.05, 0.1) is 6.61 Å². The van der Waals surface area contributed by atoms with Gasteiger partial charge in [-0.3, -0.25) is 0 Å². The third-order valence-electron chi connectivity index (χ3n) is 3.08. The Morgan fingerprint density at radius 1 is 1.30 bits per heavy atom. The highest BCUT2D eigenvalue weighted by Gasteiger charge is 2.25. The molecule has 20 heavy (non-hydrogen) atoms. The lowest BCUT2D eigenvalue weighted by Crippen LogP contribution is -2.34. The summed E-state index contributed by atoms with van der Waals surface area (Å²) >= 11 is 0. The predicted molar refractivity (Wildman–Crippen MR) is 72.3 cm³/mol. The highest BCUT2D eigenvalue weighted by atomic mass is 19.4. The van der Waals surface area contributed by atoms with Gasteiger partial charge in [0.25, 0.3) is 0 Å². The minimum atomic E-state index is -4.96. The van der Waals surface area contributed by atoms with Crippen LogP contribution in [0.15, 0.2) is 30.6 Å². The van der Waals surface area contributed by atoms with E-state index in [4.69, 9.17) is 4.74 Å². The lowest BCUT2D eigenvalue weighted by atomic mass is 9.79. The first kappa shape index (κ1) is 14.5. The Hall–Kier alpha value is -1.92. The summed E-state index contributed by atoms with van der Waals surface area (Å²) in [5.41, 5.74) is -0.111. The third-order valence-corrected chi connectivity index (χ3v) is 3.08. The van der Waals surface area contributed by atoms with E-state index < -0.39 is 12.4 Å². The largest absolute Gasteiger partial charge is 0.509 e. The predicted octanol–water partition coefficient (Wildman–Crippen LogP) is 2.40. The molecule has 0 bridgehead atoms. The second kappa shape index (κ2) is 5.60. The molecule has 0 aliphatic carbocycles. The second-order valence-electron chi connectivity index (χ2n) is 4.65. The number of ether oxygens (including phenoxy) is 1. The van der Waals surface area contributed by atoms with Crippen molar-refractivity contribution in [2.24, 2.45) is 7.05 Å². The number of hydrogen-bond donors (Lipinski definition) is 0. The van der Waals surface area contributed by atoms with Crippen molar-refractivity contribution in [3.8, 4) is 5.75 Å². The van der Waals surface area contributed by atoms with Gasteiger partial charge in [0.1, 0.15) is 11.6 Å². The summed E-state index contributed by atoms with van der Waals surface area (Å²) in [6.07, 6.45) is 4.13. The van der Waals surface area contributed by atoms with Gasteiger partial charge in [-0.15, -0.1) is 5.46 Å². The van der Waals surface area contributed by atoms with Gasteiger partial charge in [-0.25, -0.2) is 4.98 Å². The van der Waals surface area contributed by atoms with Crippen molar-refractivity contribution in [2.45, 2.75) is 13.3 Å². The number of benzene rings is 1. The number of rotatable bonds is 5. The number of halogens is 3. The fourth-order valence-corrected chi connectivity index (χ4v) is 1.93. The Morgan fingerprint density at radius 3 is 2.60 bits per heavy atom. The van der Waals surface area contributed by atoms with Gasteiger partial charge < -0.3 is 22.3 Å². The van der Waals surface area contributed by atoms with Crippen molar-refractivity contribution in [2.75, 3.05) is 6.61 Å². The van der Waals surface area contributed by atoms with Crippen LogP contribution in [0.4, 0.5) is 12.9 Å². The maximum atomic E-state index is 12.6. The molecule has 2 aromatic rings. The van der Waals surface area contributed by atoms with Crippen LogP contribution in [0.1, 0.15) is 11.4 Å². The third kappa shape index (κ3) is 3.34. The summed E-state index contributed by atoms with van der Waals surface area (Å²) in [5, 5.41) is 0. The Balaban J connectivity index is 1.98. The van der Waals surface area contributed by atoms with Crippen LogP contribution in [0.25, 0.3) is 0 Å². The molecule has 0 saturated carbocycles. The van der Waals surface area contributed by atoms with Crippen molar-refractivity contribution >= 4 is 12.4 Å². The molecule has 0 aliphatic heterocycles. The summed E-state index contributed by atoms with van der Waals surface area (Å²) in [7, 11) is 1.88. The van der Waals surface area contributed by atoms with Crippen LogP contribution < -0.4 is 10.2 Å². The van der Waals surface area contributed by atoms with Crippen molar-refractivity contribution in [3.05, 3.63) is 42.0 Å². The lowest BCUT2D eigenvalue weighted by molar-refractivity contribution is 0.315. The molecule has 0 atom stereocenters. The molecule has 0 amide bonds. The van der Waals surface area contributed by atoms with E-state index >= 15 is 0 Å². The minimum Gasteiger partial charge on any atom is -0.493 e. The van der Waals surface area contributed by atoms with E-state index in [9.17, 15) is 12.9 Å². The zero-order chi connectivity index (χ0) is 14.8. The van der Waals surface area contributed by atoms with Gasteiger partial charge >= 0.3 is 6.98 Å². The average Bonchev–Trinajstić information content (AvgIpc) is 2.76. The molecule has 0 radical (unpaired) electrons. The SMILES string of the molecule is Cc1cc([B-](F)(F)F)ccc1OCCc1nccn1C. The van der Waals surface area contributed by atoms with Crippen LogP contribution in [-0.2, 0) is 13.5 Å². The molecule has 0 N–H and O–H groups in total. The normalized spacial score (nSPS) is 11.7. The second-order valence-corrected chi connectivity index (χ2v) is 4.65. The summed E-state index contributed by atoms with van der Waals surface area (Å²) in [6, 6.07) is 3.55. The van der Waals surface area contributed by atoms with Crippen LogP contribution in [0.3, 0.4) is 0 Å². The molecule has 0 unspecified atom stereocenters. The molecule has 0 aliphatic rings. The maximum absolute atomic E-state index is 12.6. The van der Waals surface area contributed by atoms with E-state index in [1.807, 2.05) is 17.8 Å². The summed E-state index contributed by atoms with van der Waals surface area (Å²) in [6.45, 7) is -2.97. The topological polar surface area (TPSA) is 27.1 Å². The van der Waals surface area contributed by atoms with Crippen LogP contribution in [-0.4, -0.2) is 23.1 Å². The first-order valence-electron chi connectivity index (χ1n) is 6.27. The van der Waals surface area contributed by atoms with Crippen LogP contribution >= 0.6 is 0 Å². The van der Waals surface area contributed by atoms with Crippen LogP contribution in [0.2, 0.25) is 0 Å². The highest BCUT2D eigenvalue weighted by molar-refractivity contribution is 6.73. The summed E-state index contributed by atoms with van der Waals surface area (Å²) in [4.78, 5) is 4.15. The number of aromatic nitrogens is 2. The standard InChI is InChI=1S/C13H15BF3N2O/c1-10-9-11(14(15,16)17)3-4-12(10)20-8-5-13-18-6-7-19(13)2/h3-4,6-7,9H,5,8H2,1-2H3/q-1. The maximum Gasteiger partial charge on any atom is 0.509 e. The van der Waals surface area contributed by atoms with E-state index in [2.05, 4.69) is 4.98 Å². The Bertz CT molecular complexity index is 596. The average molecular weight is 283 g/mol. The first-order chi connectivity index (χ1) is 9.38. The van der Waals surface area contributed by atoms with Gasteiger partial charge in [0.15, 0.2) is 0 Å². The first-order valence-corrected chi connectivity index (χ1v) is 6.27. The summed E-state index contributed by atoms with van der Waals surface area (Å²) < 4.78 is 45.2. The molecule has 1 aromatic heterocycles. The van der Waals surface area contributed by atoms with E-state index in [0.717, 1.165) is 18.0 Å². The molecule has 1 aromatic carbocycles. The highest BCUT2D eigenvalue weighted by Crippen LogP contribution is 2.19. The fraction of sp³-hybridized carbons (Fsp3) is 0.308. The van der Waals surface area contributed by atoms with Gasteiger partial charge in [0, 0.05) is 25.9 Å². The molecule has 3 nitrogen and oxygen atoms in total. The van der Waals surface area contributed by atoms with E-state index in [0.29, 0.717) is 24.3 Å². The molecule has 0 spiro atoms. The number of nitrogens with zero attached hydrogens (tertiary/aromatic N) is 2. The number of imidazole rings is 1. The minimum absolute atomic E-state index is 0.377. The molecule has 1 heterocycles. The van der Waals surface area contributed by atoms with Gasteiger partial charge in [-0.05, 0) is 18.6 Å². The fourth-order valence-electron chi connectivity index (χ4n) is 1.93. The molecular weight excluding hydrogens is 268 g/mol. The zero-order valence-electron chi connectivity index (χ0n) is 11.3. The Labute approximate surface area is 115 Å². The molecular formula is C13H15BF3N2O-. The quantitative estimate of drug-likeness (QED) is 0.788. The van der Waals surface area contributed by atoms with Gasteiger partial charge in [-0.1, -0.05) is 12.1 Å². The number of hydrogen-bond acceptors (Lipinski definition) is 2. The van der Waals surface area contributed by atoms with Crippen LogP contribution in [0, 0.1) is 6.92 Å². The van der Waals surface area contributed by atoms with Gasteiger partial charge in [0.2, 0.25) is 0 Å². The van der Waals surface area contributed by atoms with Crippen molar-refractivity contribution < 1.29 is 17.7 Å². The van der Waals surface area contributed by atoms with Crippen molar-refractivity contribution in [3.63, 3.8) is 0 Å². The Kier molecular flexibility index (Phi) is 4.06. The molecule has 2 rings (SSSR count). The van der Waals surface area contributed by atoms with Gasteiger partial charge in [-0.2, -0.15) is 0 Å². The Morgan fingerprint density at radius 2 is 2.05 bits per heavy atom. The lowest BCUT2D eigenvalue weighted by Gasteiger charge is -2.17. The summed E-state index contributed by atoms with van der Waals surface area (Å²) in [5.74, 6) is 1.35. The molecule has 0 fully saturated rings. The van der Waals surface area contributed by atoms with E-state index in [1.165, 1.54) is 6.07 Å². The van der Waals surface area contributed by atoms with Crippen molar-refractivity contribution in [1.29, 1.82) is 0 Å². The molecule has 0 saturated heterocycles. The van der Waals surface area contributed by atoms with E-state index in [-0.39, 0.29) is 0 Å². The smallest absolute Gasteiger partial charge is 0.493 e. The van der Waals surface area contributed by atoms with E-state index in [1.54, 1.807) is 13.1 Å².